The van der Waals surface area contributed by atoms with E-state index in [1.807, 2.05) is 31.2 Å². The highest BCUT2D eigenvalue weighted by Crippen LogP contribution is 2.27. The highest BCUT2D eigenvalue weighted by atomic mass is 16.5. The van der Waals surface area contributed by atoms with Crippen LogP contribution < -0.4 is 20.3 Å². The molecule has 0 saturated carbocycles. The lowest BCUT2D eigenvalue weighted by molar-refractivity contribution is -0.116. The van der Waals surface area contributed by atoms with E-state index in [4.69, 9.17) is 4.74 Å². The van der Waals surface area contributed by atoms with Gasteiger partial charge in [-0.2, -0.15) is 0 Å². The standard InChI is InChI=1S/C22H31N5O2/c1-4-23-20-13-21(25-15-24-20)27-11-5-6-17(14-27)8-10-22(28)26-18-12-16(2)7-9-19(18)29-3/h7,9,12-13,15,17H,4-6,8,10-11,14H2,1-3H3,(H,26,28)(H,23,24,25)/t17-/m1/s1. The minimum Gasteiger partial charge on any atom is -0.495 e. The first-order chi connectivity index (χ1) is 14.1. The van der Waals surface area contributed by atoms with Crippen molar-refractivity contribution in [3.63, 3.8) is 0 Å². The van der Waals surface area contributed by atoms with Crippen LogP contribution >= 0.6 is 0 Å². The van der Waals surface area contributed by atoms with Crippen molar-refractivity contribution >= 4 is 23.2 Å². The van der Waals surface area contributed by atoms with Crippen LogP contribution in [0.25, 0.3) is 0 Å². The van der Waals surface area contributed by atoms with Gasteiger partial charge >= 0.3 is 0 Å². The molecule has 2 heterocycles. The molecule has 1 atom stereocenters. The summed E-state index contributed by atoms with van der Waals surface area (Å²) in [6, 6.07) is 7.80. The van der Waals surface area contributed by atoms with Crippen LogP contribution in [0.5, 0.6) is 5.75 Å². The molecule has 0 radical (unpaired) electrons. The Bertz CT molecular complexity index is 827. The van der Waals surface area contributed by atoms with Crippen LogP contribution in [0, 0.1) is 12.8 Å². The van der Waals surface area contributed by atoms with Crippen molar-refractivity contribution in [1.29, 1.82) is 0 Å². The number of ether oxygens (including phenoxy) is 1. The molecule has 2 aromatic rings. The molecule has 2 N–H and O–H groups in total. The third-order valence-corrected chi connectivity index (χ3v) is 5.26. The van der Waals surface area contributed by atoms with Gasteiger partial charge in [0.05, 0.1) is 12.8 Å². The number of aryl methyl sites for hydroxylation is 1. The van der Waals surface area contributed by atoms with Gasteiger partial charge < -0.3 is 20.3 Å². The van der Waals surface area contributed by atoms with Crippen molar-refractivity contribution in [2.75, 3.05) is 42.3 Å². The molecule has 1 aliphatic heterocycles. The van der Waals surface area contributed by atoms with Crippen LogP contribution in [0.4, 0.5) is 17.3 Å². The highest BCUT2D eigenvalue weighted by molar-refractivity contribution is 5.92. The number of carbonyl (C=O) groups is 1. The zero-order chi connectivity index (χ0) is 20.6. The fourth-order valence-corrected chi connectivity index (χ4v) is 3.77. The topological polar surface area (TPSA) is 79.4 Å². The number of nitrogens with one attached hydrogen (secondary N) is 2. The van der Waals surface area contributed by atoms with Crippen molar-refractivity contribution in [1.82, 2.24) is 9.97 Å². The van der Waals surface area contributed by atoms with Crippen LogP contribution in [-0.4, -0.2) is 42.6 Å². The number of benzene rings is 1. The lowest BCUT2D eigenvalue weighted by atomic mass is 9.93. The molecule has 1 fully saturated rings. The zero-order valence-corrected chi connectivity index (χ0v) is 17.6. The predicted octanol–water partition coefficient (Wildman–Crippen LogP) is 3.86. The van der Waals surface area contributed by atoms with E-state index in [9.17, 15) is 4.79 Å². The van der Waals surface area contributed by atoms with E-state index in [1.165, 1.54) is 0 Å². The summed E-state index contributed by atoms with van der Waals surface area (Å²) in [5.41, 5.74) is 1.82. The largest absolute Gasteiger partial charge is 0.495 e. The normalized spacial score (nSPS) is 16.4. The van der Waals surface area contributed by atoms with Gasteiger partial charge in [-0.15, -0.1) is 0 Å². The first kappa shape index (κ1) is 20.9. The summed E-state index contributed by atoms with van der Waals surface area (Å²) in [4.78, 5) is 23.5. The van der Waals surface area contributed by atoms with Crippen molar-refractivity contribution < 1.29 is 9.53 Å². The minimum absolute atomic E-state index is 0.0301. The van der Waals surface area contributed by atoms with E-state index in [0.717, 1.165) is 61.8 Å². The van der Waals surface area contributed by atoms with E-state index in [1.54, 1.807) is 13.4 Å². The predicted molar refractivity (Wildman–Crippen MR) is 117 cm³/mol. The molecule has 0 unspecified atom stereocenters. The maximum Gasteiger partial charge on any atom is 0.224 e. The Morgan fingerprint density at radius 3 is 2.97 bits per heavy atom. The maximum absolute atomic E-state index is 12.5. The number of aromatic nitrogens is 2. The second-order valence-electron chi connectivity index (χ2n) is 7.54. The van der Waals surface area contributed by atoms with Crippen molar-refractivity contribution in [3.8, 4) is 5.75 Å². The number of piperidine rings is 1. The molecule has 3 rings (SSSR count). The third kappa shape index (κ3) is 5.82. The minimum atomic E-state index is 0.0301. The van der Waals surface area contributed by atoms with Crippen LogP contribution in [-0.2, 0) is 4.79 Å². The smallest absolute Gasteiger partial charge is 0.224 e. The molecule has 29 heavy (non-hydrogen) atoms. The number of nitrogens with zero attached hydrogens (tertiary/aromatic N) is 3. The second kappa shape index (κ2) is 10.1. The van der Waals surface area contributed by atoms with E-state index in [-0.39, 0.29) is 5.91 Å². The first-order valence-electron chi connectivity index (χ1n) is 10.3. The van der Waals surface area contributed by atoms with Crippen LogP contribution in [0.2, 0.25) is 0 Å². The van der Waals surface area contributed by atoms with Crippen LogP contribution in [0.3, 0.4) is 0 Å². The quantitative estimate of drug-likeness (QED) is 0.704. The molecule has 0 bridgehead atoms. The highest BCUT2D eigenvalue weighted by Gasteiger charge is 2.22. The summed E-state index contributed by atoms with van der Waals surface area (Å²) in [7, 11) is 1.62. The van der Waals surface area contributed by atoms with E-state index >= 15 is 0 Å². The average molecular weight is 398 g/mol. The molecule has 1 amide bonds. The van der Waals surface area contributed by atoms with Gasteiger partial charge in [0.15, 0.2) is 0 Å². The molecule has 1 aromatic carbocycles. The first-order valence-corrected chi connectivity index (χ1v) is 10.3. The number of amides is 1. The van der Waals surface area contributed by atoms with E-state index in [2.05, 4.69) is 32.4 Å². The van der Waals surface area contributed by atoms with E-state index in [0.29, 0.717) is 18.1 Å². The van der Waals surface area contributed by atoms with Gasteiger partial charge in [0.1, 0.15) is 23.7 Å². The molecular weight excluding hydrogens is 366 g/mol. The summed E-state index contributed by atoms with van der Waals surface area (Å²) < 4.78 is 5.35. The molecule has 1 aromatic heterocycles. The fourth-order valence-electron chi connectivity index (χ4n) is 3.77. The molecule has 156 valence electrons. The van der Waals surface area contributed by atoms with Crippen LogP contribution in [0.1, 0.15) is 38.2 Å². The van der Waals surface area contributed by atoms with Crippen molar-refractivity contribution in [2.24, 2.45) is 5.92 Å². The monoisotopic (exact) mass is 397 g/mol. The van der Waals surface area contributed by atoms with Gasteiger partial charge in [0.2, 0.25) is 5.91 Å². The summed E-state index contributed by atoms with van der Waals surface area (Å²) >= 11 is 0. The molecular formula is C22H31N5O2. The summed E-state index contributed by atoms with van der Waals surface area (Å²) in [5, 5.41) is 6.23. The molecule has 0 spiro atoms. The van der Waals surface area contributed by atoms with E-state index < -0.39 is 0 Å². The number of hydrogen-bond acceptors (Lipinski definition) is 6. The molecule has 7 nitrogen and oxygen atoms in total. The van der Waals surface area contributed by atoms with Gasteiger partial charge in [-0.3, -0.25) is 4.79 Å². The summed E-state index contributed by atoms with van der Waals surface area (Å²) in [5.74, 6) is 3.00. The Labute approximate surface area is 172 Å². The summed E-state index contributed by atoms with van der Waals surface area (Å²) in [6.07, 6.45) is 5.23. The second-order valence-corrected chi connectivity index (χ2v) is 7.54. The fraction of sp³-hybridized carbons (Fsp3) is 0.500. The van der Waals surface area contributed by atoms with Crippen LogP contribution in [0.15, 0.2) is 30.6 Å². The van der Waals surface area contributed by atoms with Gasteiger partial charge in [-0.25, -0.2) is 9.97 Å². The van der Waals surface area contributed by atoms with Gasteiger partial charge in [0, 0.05) is 32.1 Å². The van der Waals surface area contributed by atoms with Gasteiger partial charge in [-0.1, -0.05) is 6.07 Å². The SMILES string of the molecule is CCNc1cc(N2CCC[C@H](CCC(=O)Nc3cc(C)ccc3OC)C2)ncn1. The van der Waals surface area contributed by atoms with Crippen molar-refractivity contribution in [3.05, 3.63) is 36.2 Å². The number of anilines is 3. The summed E-state index contributed by atoms with van der Waals surface area (Å²) in [6.45, 7) is 6.80. The van der Waals surface area contributed by atoms with Gasteiger partial charge in [-0.05, 0) is 56.7 Å². The molecule has 1 aliphatic rings. The molecule has 0 aliphatic carbocycles. The maximum atomic E-state index is 12.5. The number of carbonyl (C=O) groups excluding carboxylic acids is 1. The average Bonchev–Trinajstić information content (AvgIpc) is 2.73. The Hall–Kier alpha value is -2.83. The Morgan fingerprint density at radius 1 is 1.31 bits per heavy atom. The molecule has 7 heteroatoms. The number of methoxy groups -OCH3 is 1. The Kier molecular flexibility index (Phi) is 7.27. The molecule has 1 saturated heterocycles. The third-order valence-electron chi connectivity index (χ3n) is 5.26. The lowest BCUT2D eigenvalue weighted by Gasteiger charge is -2.33. The lowest BCUT2D eigenvalue weighted by Crippen LogP contribution is -2.36. The van der Waals surface area contributed by atoms with Crippen molar-refractivity contribution in [2.45, 2.75) is 39.5 Å². The number of hydrogen-bond donors (Lipinski definition) is 2. The number of rotatable bonds is 8. The Morgan fingerprint density at radius 2 is 2.17 bits per heavy atom. The Balaban J connectivity index is 1.54. The zero-order valence-electron chi connectivity index (χ0n) is 17.6. The van der Waals surface area contributed by atoms with Gasteiger partial charge in [0.25, 0.3) is 0 Å².